The third-order valence-electron chi connectivity index (χ3n) is 1.05. The molecule has 0 radical (unpaired) electrons. The first kappa shape index (κ1) is 5.82. The van der Waals surface area contributed by atoms with Gasteiger partial charge in [0, 0.05) is 5.56 Å². The zero-order valence-electron chi connectivity index (χ0n) is 4.70. The molecule has 0 fully saturated rings. The van der Waals surface area contributed by atoms with E-state index < -0.39 is 0 Å². The van der Waals surface area contributed by atoms with Crippen LogP contribution in [0.1, 0.15) is 10.4 Å². The topological polar surface area (TPSA) is 40.1 Å². The van der Waals surface area contributed by atoms with Gasteiger partial charge in [-0.15, -0.1) is 0 Å². The second-order valence-electron chi connectivity index (χ2n) is 1.66. The molecule has 0 spiro atoms. The predicted octanol–water partition coefficient (Wildman–Crippen LogP) is 0.573. The molecule has 9 heavy (non-hydrogen) atoms. The molecule has 0 aliphatic rings. The van der Waals surface area contributed by atoms with Gasteiger partial charge < -0.3 is 5.11 Å². The molecule has 0 aromatic heterocycles. The highest BCUT2D eigenvalue weighted by Crippen LogP contribution is 2.07. The van der Waals surface area contributed by atoms with Crippen LogP contribution < -0.4 is 5.11 Å². The van der Waals surface area contributed by atoms with Crippen LogP contribution in [0.5, 0.6) is 5.75 Å². The summed E-state index contributed by atoms with van der Waals surface area (Å²) in [6, 6.07) is 6.12. The van der Waals surface area contributed by atoms with Crippen LogP contribution in [0.3, 0.4) is 0 Å². The number of hydrogen-bond acceptors (Lipinski definition) is 2. The number of rotatable bonds is 1. The molecular formula is C7H5O2-. The molecule has 0 amide bonds. The Hall–Kier alpha value is -1.31. The fourth-order valence-electron chi connectivity index (χ4n) is 0.578. The molecule has 0 saturated carbocycles. The molecule has 2 nitrogen and oxygen atoms in total. The normalized spacial score (nSPS) is 8.89. The lowest BCUT2D eigenvalue weighted by Crippen LogP contribution is -1.93. The van der Waals surface area contributed by atoms with Crippen LogP contribution in [-0.2, 0) is 0 Å². The van der Waals surface area contributed by atoms with Crippen molar-refractivity contribution in [1.29, 1.82) is 0 Å². The Labute approximate surface area is 52.8 Å². The summed E-state index contributed by atoms with van der Waals surface area (Å²) < 4.78 is 0. The highest BCUT2D eigenvalue weighted by molar-refractivity contribution is 5.78. The van der Waals surface area contributed by atoms with Crippen molar-refractivity contribution in [3.8, 4) is 5.75 Å². The highest BCUT2D eigenvalue weighted by Gasteiger charge is 1.85. The van der Waals surface area contributed by atoms with Gasteiger partial charge >= 0.3 is 0 Å². The van der Waals surface area contributed by atoms with Crippen LogP contribution >= 0.6 is 0 Å². The van der Waals surface area contributed by atoms with Gasteiger partial charge in [-0.25, -0.2) is 0 Å². The molecule has 0 bridgehead atoms. The van der Waals surface area contributed by atoms with Gasteiger partial charge in [0.15, 0.2) is 0 Å². The molecule has 46 valence electrons. The summed E-state index contributed by atoms with van der Waals surface area (Å²) >= 11 is 0. The maximum Gasteiger partial charge on any atom is 0.149 e. The van der Waals surface area contributed by atoms with Gasteiger partial charge in [-0.2, -0.15) is 0 Å². The van der Waals surface area contributed by atoms with E-state index in [1.165, 1.54) is 12.1 Å². The van der Waals surface area contributed by atoms with Gasteiger partial charge in [-0.05, 0) is 0 Å². The Morgan fingerprint density at radius 3 is 2.44 bits per heavy atom. The van der Waals surface area contributed by atoms with Crippen molar-refractivity contribution in [2.24, 2.45) is 0 Å². The molecule has 2 heteroatoms. The monoisotopic (exact) mass is 121 g/mol. The maximum atomic E-state index is 10.6. The van der Waals surface area contributed by atoms with Crippen LogP contribution in [0, 0.1) is 0 Å². The number of carbonyl (C=O) groups is 1. The number of aldehydes is 1. The molecular weight excluding hydrogens is 116 g/mol. The lowest BCUT2D eigenvalue weighted by atomic mass is 10.2. The van der Waals surface area contributed by atoms with Gasteiger partial charge in [0.2, 0.25) is 0 Å². The van der Waals surface area contributed by atoms with Crippen molar-refractivity contribution in [3.05, 3.63) is 29.8 Å². The molecule has 0 saturated heterocycles. The van der Waals surface area contributed by atoms with Gasteiger partial charge in [0.05, 0.1) is 0 Å². The first-order chi connectivity index (χ1) is 4.34. The first-order valence-electron chi connectivity index (χ1n) is 2.56. The Kier molecular flexibility index (Phi) is 1.49. The third-order valence-corrected chi connectivity index (χ3v) is 1.05. The minimum absolute atomic E-state index is 0.215. The molecule has 0 unspecified atom stereocenters. The highest BCUT2D eigenvalue weighted by atomic mass is 16.3. The van der Waals surface area contributed by atoms with Crippen molar-refractivity contribution in [3.63, 3.8) is 0 Å². The number of para-hydroxylation sites is 1. The Morgan fingerprint density at radius 2 is 2.00 bits per heavy atom. The van der Waals surface area contributed by atoms with E-state index in [9.17, 15) is 9.90 Å². The van der Waals surface area contributed by atoms with Gasteiger partial charge in [-0.1, -0.05) is 30.0 Å². The van der Waals surface area contributed by atoms with E-state index in [-0.39, 0.29) is 11.3 Å². The Morgan fingerprint density at radius 1 is 1.33 bits per heavy atom. The van der Waals surface area contributed by atoms with Crippen LogP contribution in [0.15, 0.2) is 24.3 Å². The minimum atomic E-state index is -0.215. The van der Waals surface area contributed by atoms with Gasteiger partial charge in [0.1, 0.15) is 6.29 Å². The van der Waals surface area contributed by atoms with Crippen LogP contribution in [0.2, 0.25) is 0 Å². The second-order valence-corrected chi connectivity index (χ2v) is 1.66. The molecule has 1 aromatic carbocycles. The van der Waals surface area contributed by atoms with Crippen LogP contribution in [0.25, 0.3) is 0 Å². The maximum absolute atomic E-state index is 10.6. The lowest BCUT2D eigenvalue weighted by Gasteiger charge is -2.05. The summed E-state index contributed by atoms with van der Waals surface area (Å²) in [5, 5.41) is 10.6. The number of hydrogen-bond donors (Lipinski definition) is 0. The zero-order chi connectivity index (χ0) is 6.69. The van der Waals surface area contributed by atoms with Crippen molar-refractivity contribution < 1.29 is 9.90 Å². The Bertz CT molecular complexity index is 218. The standard InChI is InChI=1S/C7H6O2/c8-5-6-3-1-2-4-7(6)9/h1-5,9H/p-1. The fourth-order valence-corrected chi connectivity index (χ4v) is 0.578. The summed E-state index contributed by atoms with van der Waals surface area (Å²) in [5.74, 6) is -0.215. The summed E-state index contributed by atoms with van der Waals surface area (Å²) in [5.41, 5.74) is 0.220. The quantitative estimate of drug-likeness (QED) is 0.509. The SMILES string of the molecule is O=Cc1ccccc1[O-]. The number of carbonyl (C=O) groups excluding carboxylic acids is 1. The summed E-state index contributed by atoms with van der Waals surface area (Å²) in [6.45, 7) is 0. The molecule has 0 heterocycles. The zero-order valence-corrected chi connectivity index (χ0v) is 4.70. The van der Waals surface area contributed by atoms with E-state index in [0.717, 1.165) is 0 Å². The Balaban J connectivity index is 3.15. The van der Waals surface area contributed by atoms with Crippen molar-refractivity contribution in [1.82, 2.24) is 0 Å². The summed E-state index contributed by atoms with van der Waals surface area (Å²) in [6.07, 6.45) is 0.558. The lowest BCUT2D eigenvalue weighted by molar-refractivity contribution is -0.268. The minimum Gasteiger partial charge on any atom is -0.872 e. The van der Waals surface area contributed by atoms with E-state index >= 15 is 0 Å². The van der Waals surface area contributed by atoms with Gasteiger partial charge in [-0.3, -0.25) is 4.79 Å². The third kappa shape index (κ3) is 1.08. The van der Waals surface area contributed by atoms with E-state index in [1.54, 1.807) is 12.1 Å². The van der Waals surface area contributed by atoms with E-state index in [1.807, 2.05) is 0 Å². The summed E-state index contributed by atoms with van der Waals surface area (Å²) in [4.78, 5) is 10.0. The predicted molar refractivity (Wildman–Crippen MR) is 31.3 cm³/mol. The average Bonchev–Trinajstić information content (AvgIpc) is 1.89. The average molecular weight is 121 g/mol. The van der Waals surface area contributed by atoms with Crippen molar-refractivity contribution >= 4 is 6.29 Å². The molecule has 1 rings (SSSR count). The van der Waals surface area contributed by atoms with Crippen molar-refractivity contribution in [2.75, 3.05) is 0 Å². The smallest absolute Gasteiger partial charge is 0.149 e. The fraction of sp³-hybridized carbons (Fsp3) is 0. The second kappa shape index (κ2) is 2.31. The van der Waals surface area contributed by atoms with Crippen LogP contribution in [0.4, 0.5) is 0 Å². The largest absolute Gasteiger partial charge is 0.872 e. The van der Waals surface area contributed by atoms with Gasteiger partial charge in [0.25, 0.3) is 0 Å². The molecule has 0 aliphatic carbocycles. The number of benzene rings is 1. The molecule has 1 aromatic rings. The summed E-state index contributed by atoms with van der Waals surface area (Å²) in [7, 11) is 0. The van der Waals surface area contributed by atoms with E-state index in [2.05, 4.69) is 0 Å². The molecule has 0 aliphatic heterocycles. The van der Waals surface area contributed by atoms with E-state index in [0.29, 0.717) is 6.29 Å². The molecule has 0 atom stereocenters. The molecule has 0 N–H and O–H groups in total. The first-order valence-corrected chi connectivity index (χ1v) is 2.56. The van der Waals surface area contributed by atoms with Crippen molar-refractivity contribution in [2.45, 2.75) is 0 Å². The van der Waals surface area contributed by atoms with E-state index in [4.69, 9.17) is 0 Å². The van der Waals surface area contributed by atoms with Crippen LogP contribution in [-0.4, -0.2) is 6.29 Å².